The third-order valence-electron chi connectivity index (χ3n) is 5.37. The molecule has 1 heterocycles. The Balaban J connectivity index is 1.76. The first-order valence-electron chi connectivity index (χ1n) is 11.5. The Hall–Kier alpha value is -2.62. The van der Waals surface area contributed by atoms with Crippen molar-refractivity contribution >= 4 is 52.5 Å². The lowest BCUT2D eigenvalue weighted by atomic mass is 10.0. The molecular formula is C25H28Cl2FN5O2S. The monoisotopic (exact) mass is 551 g/mol. The van der Waals surface area contributed by atoms with Crippen LogP contribution in [0.2, 0.25) is 10.0 Å². The second-order valence-corrected chi connectivity index (χ2v) is 10.4. The van der Waals surface area contributed by atoms with Gasteiger partial charge in [0.15, 0.2) is 11.0 Å². The first-order chi connectivity index (χ1) is 17.1. The predicted molar refractivity (Wildman–Crippen MR) is 142 cm³/mol. The van der Waals surface area contributed by atoms with Crippen LogP contribution < -0.4 is 10.6 Å². The first kappa shape index (κ1) is 28.0. The summed E-state index contributed by atoms with van der Waals surface area (Å²) in [5.74, 6) is -0.132. The molecule has 36 heavy (non-hydrogen) atoms. The van der Waals surface area contributed by atoms with Crippen molar-refractivity contribution in [2.75, 3.05) is 11.1 Å². The normalized spacial score (nSPS) is 12.0. The Labute approximate surface area is 224 Å². The van der Waals surface area contributed by atoms with Gasteiger partial charge in [0.25, 0.3) is 5.91 Å². The number of hydrogen-bond acceptors (Lipinski definition) is 5. The Morgan fingerprint density at radius 2 is 1.89 bits per heavy atom. The number of anilines is 1. The van der Waals surface area contributed by atoms with E-state index < -0.39 is 11.9 Å². The molecule has 0 radical (unpaired) electrons. The summed E-state index contributed by atoms with van der Waals surface area (Å²) in [6, 6.07) is 8.54. The van der Waals surface area contributed by atoms with Crippen molar-refractivity contribution in [1.29, 1.82) is 0 Å². The van der Waals surface area contributed by atoms with E-state index in [1.165, 1.54) is 30.0 Å². The zero-order valence-corrected chi connectivity index (χ0v) is 22.8. The lowest BCUT2D eigenvalue weighted by Crippen LogP contribution is -2.32. The van der Waals surface area contributed by atoms with E-state index >= 15 is 0 Å². The van der Waals surface area contributed by atoms with Crippen LogP contribution in [0, 0.1) is 18.7 Å². The van der Waals surface area contributed by atoms with E-state index in [0.717, 1.165) is 5.56 Å². The molecule has 7 nitrogen and oxygen atoms in total. The van der Waals surface area contributed by atoms with E-state index in [9.17, 15) is 14.0 Å². The molecular weight excluding hydrogens is 524 g/mol. The molecule has 0 aliphatic carbocycles. The minimum absolute atomic E-state index is 0.0652. The highest BCUT2D eigenvalue weighted by Gasteiger charge is 2.25. The largest absolute Gasteiger partial charge is 0.342 e. The Morgan fingerprint density at radius 3 is 2.56 bits per heavy atom. The smallest absolute Gasteiger partial charge is 0.253 e. The van der Waals surface area contributed by atoms with E-state index in [4.69, 9.17) is 23.2 Å². The van der Waals surface area contributed by atoms with Crippen LogP contribution in [-0.2, 0) is 11.3 Å². The van der Waals surface area contributed by atoms with Crippen LogP contribution in [0.1, 0.15) is 55.0 Å². The minimum atomic E-state index is -0.421. The second-order valence-electron chi connectivity index (χ2n) is 8.66. The first-order valence-corrected chi connectivity index (χ1v) is 13.2. The van der Waals surface area contributed by atoms with E-state index in [1.807, 2.05) is 11.5 Å². The average Bonchev–Trinajstić information content (AvgIpc) is 3.22. The Kier molecular flexibility index (Phi) is 9.76. The van der Waals surface area contributed by atoms with Crippen molar-refractivity contribution in [3.05, 3.63) is 69.2 Å². The van der Waals surface area contributed by atoms with E-state index in [-0.39, 0.29) is 28.5 Å². The maximum atomic E-state index is 13.5. The lowest BCUT2D eigenvalue weighted by Gasteiger charge is -2.21. The molecule has 0 unspecified atom stereocenters. The van der Waals surface area contributed by atoms with Crippen LogP contribution in [-0.4, -0.2) is 32.3 Å². The van der Waals surface area contributed by atoms with Gasteiger partial charge in [0, 0.05) is 17.3 Å². The number of benzene rings is 2. The van der Waals surface area contributed by atoms with Crippen LogP contribution in [0.3, 0.4) is 0 Å². The number of amides is 2. The average molecular weight is 553 g/mol. The quantitative estimate of drug-likeness (QED) is 0.288. The summed E-state index contributed by atoms with van der Waals surface area (Å²) in [6.45, 7) is 8.38. The lowest BCUT2D eigenvalue weighted by molar-refractivity contribution is -0.113. The number of aromatic nitrogens is 3. The number of halogens is 3. The summed E-state index contributed by atoms with van der Waals surface area (Å²) in [6.07, 6.45) is 0.624. The molecule has 192 valence electrons. The summed E-state index contributed by atoms with van der Waals surface area (Å²) in [5, 5.41) is 15.6. The van der Waals surface area contributed by atoms with Crippen molar-refractivity contribution in [3.8, 4) is 0 Å². The fourth-order valence-corrected chi connectivity index (χ4v) is 4.92. The van der Waals surface area contributed by atoms with E-state index in [1.54, 1.807) is 25.1 Å². The van der Waals surface area contributed by atoms with Crippen LogP contribution in [0.4, 0.5) is 10.1 Å². The van der Waals surface area contributed by atoms with E-state index in [0.29, 0.717) is 40.2 Å². The van der Waals surface area contributed by atoms with Gasteiger partial charge in [-0.3, -0.25) is 9.59 Å². The number of nitrogens with one attached hydrogen (secondary N) is 2. The van der Waals surface area contributed by atoms with Crippen molar-refractivity contribution in [2.45, 2.75) is 51.9 Å². The molecule has 0 spiro atoms. The zero-order valence-electron chi connectivity index (χ0n) is 20.4. The molecule has 11 heteroatoms. The van der Waals surface area contributed by atoms with Gasteiger partial charge in [-0.2, -0.15) is 0 Å². The highest BCUT2D eigenvalue weighted by Crippen LogP contribution is 2.27. The van der Waals surface area contributed by atoms with Crippen LogP contribution in [0.25, 0.3) is 0 Å². The number of hydrogen-bond donors (Lipinski definition) is 2. The number of nitrogens with zero attached hydrogens (tertiary/aromatic N) is 3. The summed E-state index contributed by atoms with van der Waals surface area (Å²) in [4.78, 5) is 25.5. The third-order valence-corrected chi connectivity index (χ3v) is 6.88. The van der Waals surface area contributed by atoms with Gasteiger partial charge in [-0.25, -0.2) is 4.39 Å². The van der Waals surface area contributed by atoms with Crippen molar-refractivity contribution in [1.82, 2.24) is 20.1 Å². The molecule has 1 aromatic heterocycles. The highest BCUT2D eigenvalue weighted by molar-refractivity contribution is 7.99. The number of aryl methyl sites for hydroxylation is 1. The van der Waals surface area contributed by atoms with Crippen LogP contribution in [0.15, 0.2) is 41.6 Å². The maximum absolute atomic E-state index is 13.5. The molecule has 0 aliphatic rings. The molecule has 1 atom stereocenters. The Morgan fingerprint density at radius 1 is 1.14 bits per heavy atom. The van der Waals surface area contributed by atoms with Gasteiger partial charge in [-0.05, 0) is 62.1 Å². The Bertz CT molecular complexity index is 1250. The topological polar surface area (TPSA) is 88.9 Å². The fraction of sp³-hybridized carbons (Fsp3) is 0.360. The molecule has 3 rings (SSSR count). The van der Waals surface area contributed by atoms with Crippen molar-refractivity contribution in [2.24, 2.45) is 5.92 Å². The number of carbonyl (C=O) groups excluding carboxylic acids is 2. The van der Waals surface area contributed by atoms with Gasteiger partial charge in [0.2, 0.25) is 5.91 Å². The zero-order chi connectivity index (χ0) is 26.4. The summed E-state index contributed by atoms with van der Waals surface area (Å²) in [7, 11) is 0. The second kappa shape index (κ2) is 12.6. The van der Waals surface area contributed by atoms with Gasteiger partial charge >= 0.3 is 0 Å². The van der Waals surface area contributed by atoms with Crippen molar-refractivity contribution in [3.63, 3.8) is 0 Å². The molecule has 0 saturated heterocycles. The highest BCUT2D eigenvalue weighted by atomic mass is 35.5. The summed E-state index contributed by atoms with van der Waals surface area (Å²) < 4.78 is 15.4. The van der Waals surface area contributed by atoms with Crippen molar-refractivity contribution < 1.29 is 14.0 Å². The minimum Gasteiger partial charge on any atom is -0.342 e. The van der Waals surface area contributed by atoms with Crippen LogP contribution >= 0.6 is 35.0 Å². The molecule has 0 fully saturated rings. The summed E-state index contributed by atoms with van der Waals surface area (Å²) >= 11 is 13.4. The molecule has 0 saturated carbocycles. The number of thioether (sulfide) groups is 1. The van der Waals surface area contributed by atoms with Gasteiger partial charge in [-0.15, -0.1) is 10.2 Å². The number of carbonyl (C=O) groups is 2. The van der Waals surface area contributed by atoms with E-state index in [2.05, 4.69) is 34.7 Å². The molecule has 2 N–H and O–H groups in total. The molecule has 2 aromatic carbocycles. The van der Waals surface area contributed by atoms with Gasteiger partial charge in [0.1, 0.15) is 5.82 Å². The predicted octanol–water partition coefficient (Wildman–Crippen LogP) is 6.30. The SMILES string of the molecule is CCn1c(SCC(=O)Nc2cc(F)ccc2C)nnc1[C@H](CC(C)C)NC(=O)c1ccc(Cl)cc1Cl. The third kappa shape index (κ3) is 7.21. The van der Waals surface area contributed by atoms with Gasteiger partial charge < -0.3 is 15.2 Å². The molecule has 0 bridgehead atoms. The molecule has 3 aromatic rings. The number of rotatable bonds is 10. The standard InChI is InChI=1S/C25H28Cl2FN5O2S/c1-5-33-23(21(10-14(2)3)30-24(35)18-9-7-16(26)11-19(18)27)31-32-25(33)36-13-22(34)29-20-12-17(28)8-6-15(20)4/h6-9,11-12,14,21H,5,10,13H2,1-4H3,(H,29,34)(H,30,35)/t21-/m0/s1. The van der Waals surface area contributed by atoms with Gasteiger partial charge in [0.05, 0.1) is 22.4 Å². The van der Waals surface area contributed by atoms with Gasteiger partial charge in [-0.1, -0.05) is 54.9 Å². The maximum Gasteiger partial charge on any atom is 0.253 e. The molecule has 2 amide bonds. The summed E-state index contributed by atoms with van der Waals surface area (Å²) in [5.41, 5.74) is 1.51. The fourth-order valence-electron chi connectivity index (χ4n) is 3.62. The van der Waals surface area contributed by atoms with Crippen LogP contribution in [0.5, 0.6) is 0 Å². The molecule has 0 aliphatic heterocycles.